The first kappa shape index (κ1) is 9.76. The molecular weight excluding hydrogens is 200 g/mol. The zero-order valence-electron chi connectivity index (χ0n) is 7.87. The van der Waals surface area contributed by atoms with E-state index in [4.69, 9.17) is 5.73 Å². The molecular formula is C10H9F2N3. The second-order valence-corrected chi connectivity index (χ2v) is 3.30. The van der Waals surface area contributed by atoms with Crippen LogP contribution in [0.15, 0.2) is 28.4 Å². The summed E-state index contributed by atoms with van der Waals surface area (Å²) in [5, 5.41) is 7.49. The van der Waals surface area contributed by atoms with Gasteiger partial charge in [0.1, 0.15) is 17.5 Å². The van der Waals surface area contributed by atoms with Gasteiger partial charge >= 0.3 is 0 Å². The number of amidine groups is 1. The Morgan fingerprint density at radius 1 is 1.00 bits per heavy atom. The molecule has 0 radical (unpaired) electrons. The molecule has 5 heteroatoms. The van der Waals surface area contributed by atoms with Crippen LogP contribution >= 0.6 is 0 Å². The van der Waals surface area contributed by atoms with Gasteiger partial charge in [0.05, 0.1) is 5.71 Å². The zero-order valence-corrected chi connectivity index (χ0v) is 7.87. The minimum Gasteiger partial charge on any atom is -0.386 e. The smallest absolute Gasteiger partial charge is 0.126 e. The van der Waals surface area contributed by atoms with Crippen molar-refractivity contribution in [2.75, 3.05) is 0 Å². The fraction of sp³-hybridized carbons (Fsp3) is 0.200. The second kappa shape index (κ2) is 3.76. The summed E-state index contributed by atoms with van der Waals surface area (Å²) in [6, 6.07) is 3.29. The summed E-state index contributed by atoms with van der Waals surface area (Å²) in [5.74, 6) is -0.791. The van der Waals surface area contributed by atoms with Gasteiger partial charge in [0.15, 0.2) is 0 Å². The Bertz CT molecular complexity index is 432. The van der Waals surface area contributed by atoms with Gasteiger partial charge in [-0.15, -0.1) is 5.10 Å². The molecule has 0 saturated carbocycles. The third-order valence-electron chi connectivity index (χ3n) is 2.11. The van der Waals surface area contributed by atoms with E-state index >= 15 is 0 Å². The van der Waals surface area contributed by atoms with Crippen LogP contribution in [0, 0.1) is 11.6 Å². The molecule has 2 N–H and O–H groups in total. The van der Waals surface area contributed by atoms with Crippen molar-refractivity contribution in [1.82, 2.24) is 0 Å². The highest BCUT2D eigenvalue weighted by molar-refractivity contribution is 6.04. The number of hydrogen-bond donors (Lipinski definition) is 1. The van der Waals surface area contributed by atoms with Gasteiger partial charge in [-0.05, 0) is 18.6 Å². The maximum Gasteiger partial charge on any atom is 0.126 e. The van der Waals surface area contributed by atoms with Crippen molar-refractivity contribution in [3.8, 4) is 0 Å². The molecule has 0 unspecified atom stereocenters. The first-order valence-corrected chi connectivity index (χ1v) is 4.50. The molecule has 1 aromatic carbocycles. The summed E-state index contributed by atoms with van der Waals surface area (Å²) in [4.78, 5) is 0. The van der Waals surface area contributed by atoms with Crippen LogP contribution in [-0.4, -0.2) is 11.5 Å². The van der Waals surface area contributed by atoms with Gasteiger partial charge in [-0.1, -0.05) is 0 Å². The molecule has 1 aliphatic rings. The van der Waals surface area contributed by atoms with Crippen molar-refractivity contribution in [1.29, 1.82) is 0 Å². The van der Waals surface area contributed by atoms with E-state index in [1.807, 2.05) is 0 Å². The third-order valence-corrected chi connectivity index (χ3v) is 2.11. The van der Waals surface area contributed by atoms with Crippen molar-refractivity contribution in [3.05, 3.63) is 35.4 Å². The van der Waals surface area contributed by atoms with E-state index < -0.39 is 11.6 Å². The molecule has 1 aromatic rings. The van der Waals surface area contributed by atoms with Crippen molar-refractivity contribution in [3.63, 3.8) is 0 Å². The quantitative estimate of drug-likeness (QED) is 0.753. The molecule has 0 spiro atoms. The number of rotatable bonds is 1. The summed E-state index contributed by atoms with van der Waals surface area (Å²) >= 11 is 0. The summed E-state index contributed by atoms with van der Waals surface area (Å²) < 4.78 is 25.8. The number of benzene rings is 1. The Morgan fingerprint density at radius 2 is 1.67 bits per heavy atom. The molecule has 3 nitrogen and oxygen atoms in total. The largest absolute Gasteiger partial charge is 0.386 e. The van der Waals surface area contributed by atoms with E-state index in [0.29, 0.717) is 30.0 Å². The molecule has 0 amide bonds. The lowest BCUT2D eigenvalue weighted by Gasteiger charge is -2.09. The number of halogens is 2. The molecule has 15 heavy (non-hydrogen) atoms. The molecule has 0 aliphatic carbocycles. The predicted octanol–water partition coefficient (Wildman–Crippen LogP) is 1.82. The molecule has 0 fully saturated rings. The Hall–Kier alpha value is -1.78. The van der Waals surface area contributed by atoms with Crippen LogP contribution in [0.1, 0.15) is 18.4 Å². The average Bonchev–Trinajstić information content (AvgIpc) is 2.17. The van der Waals surface area contributed by atoms with Gasteiger partial charge in [0, 0.05) is 18.1 Å². The summed E-state index contributed by atoms with van der Waals surface area (Å²) in [6.07, 6.45) is 1.12. The lowest BCUT2D eigenvalue weighted by Crippen LogP contribution is -2.17. The van der Waals surface area contributed by atoms with E-state index in [1.54, 1.807) is 0 Å². The van der Waals surface area contributed by atoms with Crippen LogP contribution in [-0.2, 0) is 0 Å². The highest BCUT2D eigenvalue weighted by atomic mass is 19.1. The SMILES string of the molecule is NC1=NN=C(c2cc(F)cc(F)c2)CC1. The van der Waals surface area contributed by atoms with Crippen LogP contribution in [0.2, 0.25) is 0 Å². The van der Waals surface area contributed by atoms with Crippen LogP contribution in [0.5, 0.6) is 0 Å². The standard InChI is InChI=1S/C10H9F2N3/c11-7-3-6(4-8(12)5-7)9-1-2-10(13)15-14-9/h3-5H,1-2H2,(H2,13,15). The minimum atomic E-state index is -0.616. The molecule has 0 atom stereocenters. The van der Waals surface area contributed by atoms with Gasteiger partial charge < -0.3 is 5.73 Å². The predicted molar refractivity (Wildman–Crippen MR) is 53.8 cm³/mol. The van der Waals surface area contributed by atoms with Gasteiger partial charge in [-0.3, -0.25) is 0 Å². The minimum absolute atomic E-state index is 0.420. The van der Waals surface area contributed by atoms with Crippen LogP contribution in [0.4, 0.5) is 8.78 Å². The number of nitrogens with zero attached hydrogens (tertiary/aromatic N) is 2. The molecule has 1 aliphatic heterocycles. The Labute approximate surface area is 85.3 Å². The summed E-state index contributed by atoms with van der Waals surface area (Å²) in [6.45, 7) is 0. The first-order chi connectivity index (χ1) is 7.15. The maximum absolute atomic E-state index is 12.9. The number of nitrogens with two attached hydrogens (primary N) is 1. The lowest BCUT2D eigenvalue weighted by molar-refractivity contribution is 0.582. The van der Waals surface area contributed by atoms with E-state index in [9.17, 15) is 8.78 Å². The molecule has 78 valence electrons. The van der Waals surface area contributed by atoms with E-state index in [0.717, 1.165) is 6.07 Å². The average molecular weight is 209 g/mol. The van der Waals surface area contributed by atoms with Crippen molar-refractivity contribution in [2.45, 2.75) is 12.8 Å². The van der Waals surface area contributed by atoms with Crippen LogP contribution < -0.4 is 5.73 Å². The normalized spacial score (nSPS) is 15.9. The van der Waals surface area contributed by atoms with Gasteiger partial charge in [0.25, 0.3) is 0 Å². The first-order valence-electron chi connectivity index (χ1n) is 4.50. The van der Waals surface area contributed by atoms with E-state index in [1.165, 1.54) is 12.1 Å². The maximum atomic E-state index is 12.9. The summed E-state index contributed by atoms with van der Waals surface area (Å²) in [5.41, 5.74) is 6.41. The van der Waals surface area contributed by atoms with E-state index in [-0.39, 0.29) is 0 Å². The molecule has 0 saturated heterocycles. The highest BCUT2D eigenvalue weighted by Gasteiger charge is 2.11. The molecule has 2 rings (SSSR count). The van der Waals surface area contributed by atoms with Gasteiger partial charge in [0.2, 0.25) is 0 Å². The van der Waals surface area contributed by atoms with Crippen molar-refractivity contribution >= 4 is 11.5 Å². The fourth-order valence-corrected chi connectivity index (χ4v) is 1.39. The Balaban J connectivity index is 2.38. The van der Waals surface area contributed by atoms with Crippen LogP contribution in [0.25, 0.3) is 0 Å². The van der Waals surface area contributed by atoms with Crippen molar-refractivity contribution < 1.29 is 8.78 Å². The fourth-order valence-electron chi connectivity index (χ4n) is 1.39. The Kier molecular flexibility index (Phi) is 2.45. The number of hydrogen-bond acceptors (Lipinski definition) is 3. The summed E-state index contributed by atoms with van der Waals surface area (Å²) in [7, 11) is 0. The monoisotopic (exact) mass is 209 g/mol. The second-order valence-electron chi connectivity index (χ2n) is 3.30. The van der Waals surface area contributed by atoms with Gasteiger partial charge in [-0.25, -0.2) is 8.78 Å². The Morgan fingerprint density at radius 3 is 2.20 bits per heavy atom. The third kappa shape index (κ3) is 2.18. The van der Waals surface area contributed by atoms with E-state index in [2.05, 4.69) is 10.2 Å². The van der Waals surface area contributed by atoms with Crippen LogP contribution in [0.3, 0.4) is 0 Å². The molecule has 0 aromatic heterocycles. The highest BCUT2D eigenvalue weighted by Crippen LogP contribution is 2.14. The lowest BCUT2D eigenvalue weighted by atomic mass is 10.0. The molecule has 1 heterocycles. The topological polar surface area (TPSA) is 50.7 Å². The van der Waals surface area contributed by atoms with Crippen molar-refractivity contribution in [2.24, 2.45) is 15.9 Å². The molecule has 0 bridgehead atoms. The zero-order chi connectivity index (χ0) is 10.8. The van der Waals surface area contributed by atoms with Gasteiger partial charge in [-0.2, -0.15) is 5.10 Å².